The van der Waals surface area contributed by atoms with Crippen molar-refractivity contribution in [3.63, 3.8) is 0 Å². The molecule has 0 saturated heterocycles. The molecule has 5 heteroatoms. The maximum absolute atomic E-state index is 5.71. The van der Waals surface area contributed by atoms with Crippen LogP contribution in [0.2, 0.25) is 5.15 Å². The molecule has 12 heavy (non-hydrogen) atoms. The summed E-state index contributed by atoms with van der Waals surface area (Å²) in [5.74, 6) is 0. The molecule has 0 atom stereocenters. The molecule has 2 rings (SSSR count). The van der Waals surface area contributed by atoms with E-state index >= 15 is 0 Å². The molecular formula is C7H4ClN2OY-. The molecule has 0 aliphatic rings. The summed E-state index contributed by atoms with van der Waals surface area (Å²) >= 11 is 5.71. The van der Waals surface area contributed by atoms with E-state index in [1.807, 2.05) is 6.92 Å². The van der Waals surface area contributed by atoms with Crippen molar-refractivity contribution in [2.45, 2.75) is 6.92 Å². The molecule has 2 aromatic rings. The van der Waals surface area contributed by atoms with E-state index in [-0.39, 0.29) is 32.7 Å². The molecule has 0 amide bonds. The van der Waals surface area contributed by atoms with Gasteiger partial charge in [0.1, 0.15) is 11.5 Å². The summed E-state index contributed by atoms with van der Waals surface area (Å²) in [6.07, 6.45) is 4.06. The number of furan rings is 1. The van der Waals surface area contributed by atoms with Crippen LogP contribution in [0.3, 0.4) is 0 Å². The number of rotatable bonds is 0. The van der Waals surface area contributed by atoms with Crippen molar-refractivity contribution in [2.24, 2.45) is 0 Å². The van der Waals surface area contributed by atoms with Crippen LogP contribution in [0.1, 0.15) is 5.56 Å². The van der Waals surface area contributed by atoms with E-state index in [4.69, 9.17) is 16.0 Å². The molecule has 0 spiro atoms. The van der Waals surface area contributed by atoms with Gasteiger partial charge in [-0.25, -0.2) is 4.98 Å². The number of fused-ring (bicyclic) bond motifs is 1. The van der Waals surface area contributed by atoms with Crippen molar-refractivity contribution in [2.75, 3.05) is 0 Å². The third-order valence-corrected chi connectivity index (χ3v) is 1.69. The molecule has 0 N–H and O–H groups in total. The number of aryl methyl sites for hydroxylation is 1. The van der Waals surface area contributed by atoms with E-state index in [9.17, 15) is 0 Å². The summed E-state index contributed by atoms with van der Waals surface area (Å²) < 4.78 is 5.00. The molecule has 59 valence electrons. The summed E-state index contributed by atoms with van der Waals surface area (Å²) in [6.45, 7) is 1.86. The molecule has 0 saturated carbocycles. The fourth-order valence-electron chi connectivity index (χ4n) is 0.886. The van der Waals surface area contributed by atoms with Crippen molar-refractivity contribution in [3.8, 4) is 0 Å². The molecule has 0 aliphatic heterocycles. The van der Waals surface area contributed by atoms with Crippen molar-refractivity contribution < 1.29 is 37.1 Å². The Kier molecular flexibility index (Phi) is 3.21. The normalized spacial score (nSPS) is 9.83. The second-order valence-electron chi connectivity index (χ2n) is 2.17. The van der Waals surface area contributed by atoms with E-state index < -0.39 is 0 Å². The first kappa shape index (κ1) is 10.1. The van der Waals surface area contributed by atoms with Crippen LogP contribution < -0.4 is 0 Å². The Hall–Kier alpha value is 0.0139. The summed E-state index contributed by atoms with van der Waals surface area (Å²) in [5.41, 5.74) is 2.08. The van der Waals surface area contributed by atoms with Crippen LogP contribution in [0.5, 0.6) is 0 Å². The Labute approximate surface area is 99.4 Å². The van der Waals surface area contributed by atoms with Gasteiger partial charge >= 0.3 is 0 Å². The number of nitrogens with zero attached hydrogens (tertiary/aromatic N) is 2. The number of aromatic nitrogens is 2. The van der Waals surface area contributed by atoms with Crippen molar-refractivity contribution in [1.29, 1.82) is 0 Å². The van der Waals surface area contributed by atoms with Gasteiger partial charge < -0.3 is 9.40 Å². The van der Waals surface area contributed by atoms with Crippen LogP contribution in [0.4, 0.5) is 0 Å². The number of halogens is 1. The van der Waals surface area contributed by atoms with Gasteiger partial charge in [-0.3, -0.25) is 0 Å². The molecule has 0 aromatic carbocycles. The molecule has 1 radical (unpaired) electrons. The smallest absolute Gasteiger partial charge is 0.107 e. The molecule has 2 aromatic heterocycles. The largest absolute Gasteiger partial charge is 0.586 e. The van der Waals surface area contributed by atoms with Gasteiger partial charge in [-0.05, 0) is 11.8 Å². The summed E-state index contributed by atoms with van der Waals surface area (Å²) in [5, 5.41) is 0.333. The monoisotopic (exact) mass is 256 g/mol. The van der Waals surface area contributed by atoms with E-state index in [1.54, 1.807) is 0 Å². The van der Waals surface area contributed by atoms with Gasteiger partial charge in [-0.2, -0.15) is 0 Å². The van der Waals surface area contributed by atoms with Gasteiger partial charge in [0.2, 0.25) is 0 Å². The first-order valence-electron chi connectivity index (χ1n) is 3.06. The Morgan fingerprint density at radius 3 is 2.92 bits per heavy atom. The van der Waals surface area contributed by atoms with E-state index in [2.05, 4.69) is 16.2 Å². The van der Waals surface area contributed by atoms with Gasteiger partial charge in [0.15, 0.2) is 0 Å². The fraction of sp³-hybridized carbons (Fsp3) is 0.143. The average Bonchev–Trinajstić information content (AvgIpc) is 2.35. The van der Waals surface area contributed by atoms with E-state index in [0.29, 0.717) is 10.7 Å². The summed E-state index contributed by atoms with van der Waals surface area (Å²) in [6, 6.07) is 0. The second-order valence-corrected chi connectivity index (χ2v) is 2.53. The van der Waals surface area contributed by atoms with Gasteiger partial charge in [-0.15, -0.1) is 5.56 Å². The maximum Gasteiger partial charge on any atom is 0.107 e. The quantitative estimate of drug-likeness (QED) is 0.534. The zero-order chi connectivity index (χ0) is 7.84. The molecule has 0 fully saturated rings. The number of hydrogen-bond acceptors (Lipinski definition) is 3. The van der Waals surface area contributed by atoms with Crippen LogP contribution in [-0.4, -0.2) is 9.97 Å². The maximum atomic E-state index is 5.71. The zero-order valence-corrected chi connectivity index (χ0v) is 9.93. The second kappa shape index (κ2) is 3.82. The molecular weight excluding hydrogens is 252 g/mol. The molecule has 0 unspecified atom stereocenters. The Bertz CT molecular complexity index is 401. The SMILES string of the molecule is Cc1[c-]oc2c(Cl)ncnc12.[Y]. The van der Waals surface area contributed by atoms with Crippen molar-refractivity contribution in [1.82, 2.24) is 9.97 Å². The van der Waals surface area contributed by atoms with Crippen LogP contribution in [0.15, 0.2) is 10.7 Å². The fourth-order valence-corrected chi connectivity index (χ4v) is 1.06. The summed E-state index contributed by atoms with van der Waals surface area (Å²) in [7, 11) is 0. The van der Waals surface area contributed by atoms with Gasteiger partial charge in [0.05, 0.1) is 0 Å². The molecule has 2 heterocycles. The molecule has 0 aliphatic carbocycles. The minimum absolute atomic E-state index is 0. The Morgan fingerprint density at radius 1 is 1.50 bits per heavy atom. The third-order valence-electron chi connectivity index (χ3n) is 1.42. The Morgan fingerprint density at radius 2 is 2.25 bits per heavy atom. The number of hydrogen-bond donors (Lipinski definition) is 0. The van der Waals surface area contributed by atoms with E-state index in [0.717, 1.165) is 11.1 Å². The molecule has 0 bridgehead atoms. The standard InChI is InChI=1S/C7H4ClN2O.Y/c1-4-2-11-6-5(4)9-3-10-7(6)8;/h3H,1H3;/q-1;. The Balaban J connectivity index is 0.000000720. The van der Waals surface area contributed by atoms with Gasteiger partial charge in [0.25, 0.3) is 0 Å². The van der Waals surface area contributed by atoms with Crippen molar-refractivity contribution >= 4 is 22.7 Å². The molecule has 3 nitrogen and oxygen atoms in total. The van der Waals surface area contributed by atoms with Crippen LogP contribution >= 0.6 is 11.6 Å². The minimum atomic E-state index is 0. The van der Waals surface area contributed by atoms with Gasteiger partial charge in [0, 0.05) is 38.3 Å². The third kappa shape index (κ3) is 1.54. The topological polar surface area (TPSA) is 38.9 Å². The van der Waals surface area contributed by atoms with Gasteiger partial charge in [-0.1, -0.05) is 18.5 Å². The minimum Gasteiger partial charge on any atom is -0.586 e. The first-order valence-corrected chi connectivity index (χ1v) is 3.44. The van der Waals surface area contributed by atoms with Crippen LogP contribution in [0.25, 0.3) is 11.1 Å². The van der Waals surface area contributed by atoms with Crippen molar-refractivity contribution in [3.05, 3.63) is 23.3 Å². The average molecular weight is 256 g/mol. The van der Waals surface area contributed by atoms with Crippen LogP contribution in [0, 0.1) is 13.2 Å². The van der Waals surface area contributed by atoms with E-state index in [1.165, 1.54) is 6.33 Å². The summed E-state index contributed by atoms with van der Waals surface area (Å²) in [4.78, 5) is 7.74. The zero-order valence-electron chi connectivity index (χ0n) is 6.34. The first-order chi connectivity index (χ1) is 5.29. The predicted octanol–water partition coefficient (Wildman–Crippen LogP) is 1.98. The predicted molar refractivity (Wildman–Crippen MR) is 40.4 cm³/mol. The van der Waals surface area contributed by atoms with Crippen LogP contribution in [-0.2, 0) is 32.7 Å².